The molecule has 0 spiro atoms. The minimum absolute atomic E-state index is 0. The van der Waals surface area contributed by atoms with Gasteiger partial charge >= 0.3 is 0 Å². The number of nitrogens with zero attached hydrogens (tertiary/aromatic N) is 1. The van der Waals surface area contributed by atoms with Gasteiger partial charge in [0.1, 0.15) is 6.29 Å². The van der Waals surface area contributed by atoms with Crippen molar-refractivity contribution in [3.8, 4) is 24.2 Å². The summed E-state index contributed by atoms with van der Waals surface area (Å²) in [4.78, 5) is 12.0. The molecule has 0 amide bonds. The van der Waals surface area contributed by atoms with Crippen LogP contribution in [-0.2, 0) is 31.0 Å². The molecule has 296 valence electrons. The summed E-state index contributed by atoms with van der Waals surface area (Å²) in [5.41, 5.74) is 7.30. The lowest BCUT2D eigenvalue weighted by atomic mass is 10.0. The quantitative estimate of drug-likeness (QED) is 0.106. The molecule has 0 fully saturated rings. The average molecular weight is 757 g/mol. The smallest absolute Gasteiger partial charge is 0.122 e. The zero-order chi connectivity index (χ0) is 39.4. The van der Waals surface area contributed by atoms with Crippen molar-refractivity contribution >= 4 is 6.29 Å². The van der Waals surface area contributed by atoms with Gasteiger partial charge in [-0.2, -0.15) is 0 Å². The number of hydrogen-bond acceptors (Lipinski definition) is 3. The molecule has 0 saturated carbocycles. The Morgan fingerprint density at radius 1 is 0.526 bits per heavy atom. The van der Waals surface area contributed by atoms with Gasteiger partial charge in [-0.1, -0.05) is 218 Å². The number of terminal acetylenes is 1. The maximum absolute atomic E-state index is 9.50. The van der Waals surface area contributed by atoms with Gasteiger partial charge in [-0.25, -0.2) is 0 Å². The van der Waals surface area contributed by atoms with Crippen LogP contribution in [0.1, 0.15) is 75.9 Å². The minimum atomic E-state index is 0. The Morgan fingerprint density at radius 2 is 0.842 bits per heavy atom. The summed E-state index contributed by atoms with van der Waals surface area (Å²) in [6.45, 7) is 11.9. The standard InChI is InChI=1S/C26H27N.C14H15N.C8H6.C4H8O.2CH4/c1-22(2)26(19-18-23-12-6-3-7-13-23)27(20-24-14-8-4-9-15-24)21-25-16-10-5-11-17-25;1-3-7-13(8-4-1)11-15-12-14-9-5-2-6-10-14;1-2-8-6-4-3-5-7-8;1-4(2)3-5;;/h3-17,22,26H,20-21H2,1-2H3;1-10,15H,11-12H2;1,3-7H;3-4H,1-2H3;2*1H4. The van der Waals surface area contributed by atoms with Gasteiger partial charge < -0.3 is 10.1 Å². The normalized spacial score (nSPS) is 10.1. The molecular formula is C54H64N2O. The summed E-state index contributed by atoms with van der Waals surface area (Å²) in [6.07, 6.45) is 6.02. The summed E-state index contributed by atoms with van der Waals surface area (Å²) in [5, 5.41) is 3.42. The van der Waals surface area contributed by atoms with Crippen LogP contribution in [0.25, 0.3) is 0 Å². The first kappa shape index (κ1) is 49.0. The molecule has 0 heterocycles. The number of carbonyl (C=O) groups excluding carboxylic acids is 1. The van der Waals surface area contributed by atoms with E-state index in [4.69, 9.17) is 6.42 Å². The zero-order valence-electron chi connectivity index (χ0n) is 32.9. The van der Waals surface area contributed by atoms with E-state index in [0.717, 1.165) is 43.6 Å². The largest absolute Gasteiger partial charge is 0.309 e. The van der Waals surface area contributed by atoms with Crippen molar-refractivity contribution in [1.29, 1.82) is 0 Å². The van der Waals surface area contributed by atoms with Gasteiger partial charge in [-0.05, 0) is 52.4 Å². The lowest BCUT2D eigenvalue weighted by Gasteiger charge is -2.31. The van der Waals surface area contributed by atoms with Gasteiger partial charge in [-0.15, -0.1) is 6.42 Å². The molecule has 0 aromatic heterocycles. The van der Waals surface area contributed by atoms with Crippen molar-refractivity contribution in [2.45, 2.75) is 74.8 Å². The average Bonchev–Trinajstić information content (AvgIpc) is 3.23. The van der Waals surface area contributed by atoms with Crippen molar-refractivity contribution in [3.05, 3.63) is 215 Å². The lowest BCUT2D eigenvalue weighted by Crippen LogP contribution is -2.37. The molecule has 6 aromatic rings. The third-order valence-corrected chi connectivity index (χ3v) is 8.18. The highest BCUT2D eigenvalue weighted by Crippen LogP contribution is 2.18. The van der Waals surface area contributed by atoms with Gasteiger partial charge in [-0.3, -0.25) is 4.90 Å². The van der Waals surface area contributed by atoms with Crippen LogP contribution in [0.5, 0.6) is 0 Å². The Kier molecular flexibility index (Phi) is 26.1. The fourth-order valence-electron chi connectivity index (χ4n) is 5.32. The van der Waals surface area contributed by atoms with Crippen molar-refractivity contribution < 1.29 is 4.79 Å². The fraction of sp³-hybridized carbons (Fsp3) is 0.241. The maximum atomic E-state index is 9.50. The number of hydrogen-bond donors (Lipinski definition) is 1. The molecule has 0 aliphatic rings. The van der Waals surface area contributed by atoms with Crippen LogP contribution in [0, 0.1) is 36.0 Å². The van der Waals surface area contributed by atoms with E-state index in [9.17, 15) is 4.79 Å². The topological polar surface area (TPSA) is 32.3 Å². The molecule has 0 radical (unpaired) electrons. The van der Waals surface area contributed by atoms with Crippen LogP contribution in [0.3, 0.4) is 0 Å². The number of aldehydes is 1. The van der Waals surface area contributed by atoms with E-state index < -0.39 is 0 Å². The monoisotopic (exact) mass is 757 g/mol. The minimum Gasteiger partial charge on any atom is -0.309 e. The highest BCUT2D eigenvalue weighted by molar-refractivity contribution is 5.51. The number of benzene rings is 6. The van der Waals surface area contributed by atoms with Crippen LogP contribution in [0.15, 0.2) is 182 Å². The Morgan fingerprint density at radius 3 is 1.14 bits per heavy atom. The zero-order valence-corrected chi connectivity index (χ0v) is 32.9. The Hall–Kier alpha value is -5.97. The van der Waals surface area contributed by atoms with E-state index in [2.05, 4.69) is 163 Å². The molecule has 0 bridgehead atoms. The summed E-state index contributed by atoms with van der Waals surface area (Å²) >= 11 is 0. The van der Waals surface area contributed by atoms with Crippen molar-refractivity contribution in [1.82, 2.24) is 10.2 Å². The van der Waals surface area contributed by atoms with E-state index in [1.165, 1.54) is 22.3 Å². The summed E-state index contributed by atoms with van der Waals surface area (Å²) in [6, 6.07) is 62.3. The van der Waals surface area contributed by atoms with Gasteiger partial charge in [0.15, 0.2) is 0 Å². The summed E-state index contributed by atoms with van der Waals surface area (Å²) in [7, 11) is 0. The Balaban J connectivity index is 0.000000453. The molecule has 57 heavy (non-hydrogen) atoms. The first-order chi connectivity index (χ1) is 26.9. The third-order valence-electron chi connectivity index (χ3n) is 8.18. The van der Waals surface area contributed by atoms with Crippen LogP contribution < -0.4 is 5.32 Å². The van der Waals surface area contributed by atoms with E-state index >= 15 is 0 Å². The molecule has 0 aliphatic carbocycles. The predicted molar refractivity (Wildman–Crippen MR) is 246 cm³/mol. The number of rotatable bonds is 11. The first-order valence-corrected chi connectivity index (χ1v) is 19.0. The van der Waals surface area contributed by atoms with E-state index in [0.29, 0.717) is 5.92 Å². The second kappa shape index (κ2) is 30.3. The van der Waals surface area contributed by atoms with E-state index in [-0.39, 0.29) is 26.8 Å². The maximum Gasteiger partial charge on any atom is 0.122 e. The second-order valence-corrected chi connectivity index (χ2v) is 13.7. The number of carbonyl (C=O) groups is 1. The summed E-state index contributed by atoms with van der Waals surface area (Å²) < 4.78 is 0. The molecule has 3 nitrogen and oxygen atoms in total. The highest BCUT2D eigenvalue weighted by atomic mass is 16.1. The first-order valence-electron chi connectivity index (χ1n) is 19.0. The van der Waals surface area contributed by atoms with Crippen LogP contribution in [0.2, 0.25) is 0 Å². The van der Waals surface area contributed by atoms with Crippen molar-refractivity contribution in [3.63, 3.8) is 0 Å². The molecule has 1 unspecified atom stereocenters. The highest BCUT2D eigenvalue weighted by Gasteiger charge is 2.20. The third kappa shape index (κ3) is 21.6. The number of nitrogens with one attached hydrogen (secondary N) is 1. The van der Waals surface area contributed by atoms with Gasteiger partial charge in [0.2, 0.25) is 0 Å². The molecule has 6 rings (SSSR count). The molecule has 0 saturated heterocycles. The van der Waals surface area contributed by atoms with Crippen LogP contribution in [0.4, 0.5) is 0 Å². The molecule has 6 aromatic carbocycles. The van der Waals surface area contributed by atoms with Crippen molar-refractivity contribution in [2.75, 3.05) is 0 Å². The second-order valence-electron chi connectivity index (χ2n) is 13.7. The fourth-order valence-corrected chi connectivity index (χ4v) is 5.32. The lowest BCUT2D eigenvalue weighted by molar-refractivity contribution is -0.110. The van der Waals surface area contributed by atoms with Gasteiger partial charge in [0.25, 0.3) is 0 Å². The molecule has 1 atom stereocenters. The van der Waals surface area contributed by atoms with Crippen LogP contribution in [-0.4, -0.2) is 17.2 Å². The van der Waals surface area contributed by atoms with Crippen LogP contribution >= 0.6 is 0 Å². The van der Waals surface area contributed by atoms with Gasteiger partial charge in [0, 0.05) is 43.2 Å². The molecule has 0 aliphatic heterocycles. The summed E-state index contributed by atoms with van der Waals surface area (Å²) in [5.74, 6) is 10.1. The van der Waals surface area contributed by atoms with E-state index in [1.54, 1.807) is 0 Å². The molecule has 1 N–H and O–H groups in total. The Labute approximate surface area is 346 Å². The SMILES string of the molecule is C.C.C#Cc1ccccc1.CC(C)C(C#Cc1ccccc1)N(Cc1ccccc1)Cc1ccccc1.CC(C)C=O.c1ccc(CNCc2ccccc2)cc1. The van der Waals surface area contributed by atoms with Gasteiger partial charge in [0.05, 0.1) is 6.04 Å². The van der Waals surface area contributed by atoms with E-state index in [1.807, 2.05) is 74.5 Å². The van der Waals surface area contributed by atoms with Crippen molar-refractivity contribution in [2.24, 2.45) is 11.8 Å². The predicted octanol–water partition coefficient (Wildman–Crippen LogP) is 12.5. The molecule has 3 heteroatoms. The molecular weight excluding hydrogens is 693 g/mol. The Bertz CT molecular complexity index is 1860.